The van der Waals surface area contributed by atoms with E-state index in [1.807, 2.05) is 0 Å². The first-order valence-corrected chi connectivity index (χ1v) is 9.34. The van der Waals surface area contributed by atoms with Crippen LogP contribution in [0.5, 0.6) is 0 Å². The monoisotopic (exact) mass is 420 g/mol. The Morgan fingerprint density at radius 1 is 1.41 bits per heavy atom. The van der Waals surface area contributed by atoms with Gasteiger partial charge in [-0.1, -0.05) is 11.6 Å². The average Bonchev–Trinajstić information content (AvgIpc) is 3.15. The second kappa shape index (κ2) is 8.27. The lowest BCUT2D eigenvalue weighted by Crippen LogP contribution is -2.42. The minimum absolute atomic E-state index is 0.0232. The fraction of sp³-hybridized carbons (Fsp3) is 0.333. The number of nitrogens with one attached hydrogen (secondary N) is 3. The van der Waals surface area contributed by atoms with Gasteiger partial charge in [0.05, 0.1) is 24.1 Å². The molecule has 29 heavy (non-hydrogen) atoms. The predicted octanol–water partition coefficient (Wildman–Crippen LogP) is 1.64. The third kappa shape index (κ3) is 4.14. The zero-order valence-electron chi connectivity index (χ0n) is 15.2. The molecule has 152 valence electrons. The first-order valence-electron chi connectivity index (χ1n) is 8.96. The standard InChI is InChI=1S/C18H18ClFN6O3/c19-11-2-1-10(20)5-9(11)6-21-18(28)15-14-16(22-8-23-17(14)26-25-15)24-12-7-29-4-3-13(12)27/h1-2,5,8,12-13,27H,3-4,6-7H2,(H,21,28)(H2,22,23,24,25,26)/t12-,13-/m1/s1. The molecule has 9 nitrogen and oxygen atoms in total. The number of H-pyrrole nitrogens is 1. The lowest BCUT2D eigenvalue weighted by molar-refractivity contribution is 0.00308. The van der Waals surface area contributed by atoms with Crippen molar-refractivity contribution in [2.75, 3.05) is 18.5 Å². The van der Waals surface area contributed by atoms with Gasteiger partial charge < -0.3 is 20.5 Å². The van der Waals surface area contributed by atoms with Gasteiger partial charge in [0, 0.05) is 18.2 Å². The number of hydrogen-bond acceptors (Lipinski definition) is 7. The van der Waals surface area contributed by atoms with Gasteiger partial charge in [0.1, 0.15) is 18.0 Å². The van der Waals surface area contributed by atoms with Crippen LogP contribution in [0.4, 0.5) is 10.2 Å². The molecular weight excluding hydrogens is 403 g/mol. The van der Waals surface area contributed by atoms with Crippen molar-refractivity contribution in [3.05, 3.63) is 46.6 Å². The number of anilines is 1. The highest BCUT2D eigenvalue weighted by Gasteiger charge is 2.26. The summed E-state index contributed by atoms with van der Waals surface area (Å²) >= 11 is 6.04. The molecular formula is C18H18ClFN6O3. The topological polar surface area (TPSA) is 125 Å². The number of aliphatic hydroxyl groups excluding tert-OH is 1. The van der Waals surface area contributed by atoms with E-state index in [-0.39, 0.29) is 18.3 Å². The summed E-state index contributed by atoms with van der Waals surface area (Å²) in [6.45, 7) is 0.820. The summed E-state index contributed by atoms with van der Waals surface area (Å²) in [6.07, 6.45) is 1.22. The highest BCUT2D eigenvalue weighted by atomic mass is 35.5. The maximum Gasteiger partial charge on any atom is 0.272 e. The minimum Gasteiger partial charge on any atom is -0.391 e. The number of halogens is 2. The summed E-state index contributed by atoms with van der Waals surface area (Å²) in [5.41, 5.74) is 0.876. The van der Waals surface area contributed by atoms with Gasteiger partial charge in [-0.05, 0) is 30.2 Å². The van der Waals surface area contributed by atoms with Crippen LogP contribution in [0.15, 0.2) is 24.5 Å². The number of ether oxygens (including phenoxy) is 1. The molecule has 0 saturated carbocycles. The SMILES string of the molecule is O=C(NCc1cc(F)ccc1Cl)c1n[nH]c2ncnc(N[C@@H]3COCC[C@H]3O)c12. The molecule has 11 heteroatoms. The number of fused-ring (bicyclic) bond motifs is 1. The lowest BCUT2D eigenvalue weighted by atomic mass is 10.1. The summed E-state index contributed by atoms with van der Waals surface area (Å²) in [6, 6.07) is 3.55. The summed E-state index contributed by atoms with van der Waals surface area (Å²) in [7, 11) is 0. The van der Waals surface area contributed by atoms with Crippen molar-refractivity contribution in [1.29, 1.82) is 0 Å². The third-order valence-corrected chi connectivity index (χ3v) is 5.03. The van der Waals surface area contributed by atoms with Crippen molar-refractivity contribution in [3.63, 3.8) is 0 Å². The highest BCUT2D eigenvalue weighted by molar-refractivity contribution is 6.31. The Kier molecular flexibility index (Phi) is 5.56. The van der Waals surface area contributed by atoms with E-state index in [2.05, 4.69) is 30.8 Å². The van der Waals surface area contributed by atoms with Crippen molar-refractivity contribution in [3.8, 4) is 0 Å². The molecule has 1 amide bonds. The van der Waals surface area contributed by atoms with E-state index in [9.17, 15) is 14.3 Å². The fourth-order valence-electron chi connectivity index (χ4n) is 3.11. The summed E-state index contributed by atoms with van der Waals surface area (Å²) in [5, 5.41) is 23.4. The van der Waals surface area contributed by atoms with E-state index in [4.69, 9.17) is 16.3 Å². The molecule has 4 N–H and O–H groups in total. The van der Waals surface area contributed by atoms with Crippen LogP contribution in [0.2, 0.25) is 5.02 Å². The van der Waals surface area contributed by atoms with E-state index in [1.165, 1.54) is 24.5 Å². The molecule has 4 rings (SSSR count). The Morgan fingerprint density at radius 2 is 2.28 bits per heavy atom. The van der Waals surface area contributed by atoms with E-state index < -0.39 is 17.8 Å². The summed E-state index contributed by atoms with van der Waals surface area (Å²) < 4.78 is 18.8. The van der Waals surface area contributed by atoms with Gasteiger partial charge in [0.15, 0.2) is 11.3 Å². The van der Waals surface area contributed by atoms with Gasteiger partial charge in [-0.2, -0.15) is 5.10 Å². The van der Waals surface area contributed by atoms with Crippen molar-refractivity contribution in [2.45, 2.75) is 25.1 Å². The fourth-order valence-corrected chi connectivity index (χ4v) is 3.30. The highest BCUT2D eigenvalue weighted by Crippen LogP contribution is 2.24. The Balaban J connectivity index is 1.57. The van der Waals surface area contributed by atoms with Crippen LogP contribution in [0.25, 0.3) is 11.0 Å². The van der Waals surface area contributed by atoms with Crippen LogP contribution in [0.3, 0.4) is 0 Å². The van der Waals surface area contributed by atoms with Crippen LogP contribution in [0, 0.1) is 5.82 Å². The molecule has 1 saturated heterocycles. The molecule has 0 bridgehead atoms. The molecule has 0 radical (unpaired) electrons. The number of aliphatic hydroxyl groups is 1. The zero-order valence-corrected chi connectivity index (χ0v) is 15.9. The molecule has 1 aliphatic heterocycles. The van der Waals surface area contributed by atoms with Gasteiger partial charge in [-0.25, -0.2) is 14.4 Å². The second-order valence-corrected chi connectivity index (χ2v) is 7.03. The third-order valence-electron chi connectivity index (χ3n) is 4.66. The summed E-state index contributed by atoms with van der Waals surface area (Å²) in [4.78, 5) is 21.0. The van der Waals surface area contributed by atoms with Crippen molar-refractivity contribution in [1.82, 2.24) is 25.5 Å². The smallest absolute Gasteiger partial charge is 0.272 e. The molecule has 1 aliphatic rings. The molecule has 3 aromatic rings. The molecule has 1 fully saturated rings. The maximum atomic E-state index is 13.4. The molecule has 2 aromatic heterocycles. The summed E-state index contributed by atoms with van der Waals surface area (Å²) in [5.74, 6) is -0.598. The predicted molar refractivity (Wildman–Crippen MR) is 103 cm³/mol. The Hall–Kier alpha value is -2.82. The number of carbonyl (C=O) groups is 1. The largest absolute Gasteiger partial charge is 0.391 e. The number of carbonyl (C=O) groups excluding carboxylic acids is 1. The molecule has 1 aromatic carbocycles. The Labute approximate surface area is 169 Å². The molecule has 0 aliphatic carbocycles. The van der Waals surface area contributed by atoms with Crippen LogP contribution < -0.4 is 10.6 Å². The van der Waals surface area contributed by atoms with E-state index >= 15 is 0 Å². The first kappa shape index (κ1) is 19.5. The maximum absolute atomic E-state index is 13.4. The zero-order chi connectivity index (χ0) is 20.4. The van der Waals surface area contributed by atoms with Gasteiger partial charge >= 0.3 is 0 Å². The lowest BCUT2D eigenvalue weighted by Gasteiger charge is -2.28. The first-order chi connectivity index (χ1) is 14.0. The van der Waals surface area contributed by atoms with Gasteiger partial charge in [0.25, 0.3) is 5.91 Å². The minimum atomic E-state index is -0.604. The van der Waals surface area contributed by atoms with Crippen molar-refractivity contribution >= 4 is 34.4 Å². The van der Waals surface area contributed by atoms with Gasteiger partial charge in [0.2, 0.25) is 0 Å². The van der Waals surface area contributed by atoms with E-state index in [0.29, 0.717) is 47.1 Å². The number of benzene rings is 1. The van der Waals surface area contributed by atoms with Crippen LogP contribution in [-0.2, 0) is 11.3 Å². The number of aromatic nitrogens is 4. The number of rotatable bonds is 5. The quantitative estimate of drug-likeness (QED) is 0.494. The van der Waals surface area contributed by atoms with E-state index in [0.717, 1.165) is 0 Å². The van der Waals surface area contributed by atoms with Crippen LogP contribution in [-0.4, -0.2) is 56.5 Å². The molecule has 0 unspecified atom stereocenters. The van der Waals surface area contributed by atoms with Gasteiger partial charge in [-0.3, -0.25) is 9.89 Å². The van der Waals surface area contributed by atoms with Crippen LogP contribution >= 0.6 is 11.6 Å². The number of aromatic amines is 1. The van der Waals surface area contributed by atoms with Gasteiger partial charge in [-0.15, -0.1) is 0 Å². The van der Waals surface area contributed by atoms with Crippen molar-refractivity contribution < 1.29 is 19.0 Å². The Morgan fingerprint density at radius 3 is 3.10 bits per heavy atom. The number of hydrogen-bond donors (Lipinski definition) is 4. The number of amides is 1. The second-order valence-electron chi connectivity index (χ2n) is 6.62. The van der Waals surface area contributed by atoms with Crippen molar-refractivity contribution in [2.24, 2.45) is 0 Å². The van der Waals surface area contributed by atoms with E-state index in [1.54, 1.807) is 0 Å². The molecule has 3 heterocycles. The molecule has 0 spiro atoms. The Bertz CT molecular complexity index is 1050. The normalized spacial score (nSPS) is 19.3. The number of nitrogens with zero attached hydrogens (tertiary/aromatic N) is 3. The molecule has 2 atom stereocenters. The average molecular weight is 421 g/mol. The van der Waals surface area contributed by atoms with Crippen LogP contribution in [0.1, 0.15) is 22.5 Å².